The van der Waals surface area contributed by atoms with E-state index < -0.39 is 23.6 Å². The Morgan fingerprint density at radius 1 is 1.00 bits per heavy atom. The summed E-state index contributed by atoms with van der Waals surface area (Å²) >= 11 is 0. The number of methoxy groups -OCH3 is 1. The Morgan fingerprint density at radius 3 is 2.56 bits per heavy atom. The van der Waals surface area contributed by atoms with Crippen molar-refractivity contribution in [2.24, 2.45) is 5.92 Å². The summed E-state index contributed by atoms with van der Waals surface area (Å²) in [5.74, 6) is 0.881. The monoisotopic (exact) mass is 590 g/mol. The second kappa shape index (κ2) is 12.0. The van der Waals surface area contributed by atoms with Crippen LogP contribution in [0.5, 0.6) is 6.01 Å². The third kappa shape index (κ3) is 5.49. The van der Waals surface area contributed by atoms with E-state index in [-0.39, 0.29) is 39.0 Å². The maximum Gasteiger partial charge on any atom is 0.318 e. The first-order chi connectivity index (χ1) is 20.8. The van der Waals surface area contributed by atoms with Crippen molar-refractivity contribution in [3.8, 4) is 29.5 Å². The number of benzene rings is 3. The van der Waals surface area contributed by atoms with Gasteiger partial charge in [0.15, 0.2) is 5.82 Å². The number of fused-ring (bicyclic) bond motifs is 3. The Hall–Kier alpha value is -3.90. The quantitative estimate of drug-likeness (QED) is 0.185. The smallest absolute Gasteiger partial charge is 0.318 e. The lowest BCUT2D eigenvalue weighted by Gasteiger charge is -2.32. The highest BCUT2D eigenvalue weighted by Crippen LogP contribution is 2.40. The Morgan fingerprint density at radius 2 is 1.81 bits per heavy atom. The number of piperidine rings is 1. The van der Waals surface area contributed by atoms with E-state index in [4.69, 9.17) is 11.2 Å². The molecule has 43 heavy (non-hydrogen) atoms. The van der Waals surface area contributed by atoms with E-state index in [1.165, 1.54) is 44.2 Å². The van der Waals surface area contributed by atoms with Crippen molar-refractivity contribution >= 4 is 27.5 Å². The van der Waals surface area contributed by atoms with E-state index in [0.29, 0.717) is 36.3 Å². The van der Waals surface area contributed by atoms with Crippen LogP contribution in [0.2, 0.25) is 0 Å². The Balaban J connectivity index is 0.000000310. The largest absolute Gasteiger partial charge is 0.467 e. The van der Waals surface area contributed by atoms with Gasteiger partial charge in [0.05, 0.1) is 18.2 Å². The zero-order valence-electron chi connectivity index (χ0n) is 24.3. The van der Waals surface area contributed by atoms with Gasteiger partial charge >= 0.3 is 6.01 Å². The molecule has 0 radical (unpaired) electrons. The van der Waals surface area contributed by atoms with Gasteiger partial charge in [0.25, 0.3) is 0 Å². The SMILES string of the molecule is C#Cc1c(F)ccc2cccc(-c3c(F)cc4c(N5CCCC(C)C5)nc(OC)nc4c3F)c12.FC1CC2CCCN2C1. The molecule has 1 aromatic heterocycles. The average molecular weight is 591 g/mol. The molecule has 3 aliphatic rings. The fourth-order valence-electron chi connectivity index (χ4n) is 6.85. The molecule has 3 aliphatic heterocycles. The van der Waals surface area contributed by atoms with Crippen LogP contribution in [0.25, 0.3) is 32.8 Å². The number of nitrogens with zero attached hydrogens (tertiary/aromatic N) is 4. The van der Waals surface area contributed by atoms with Gasteiger partial charge in [-0.3, -0.25) is 4.90 Å². The molecule has 224 valence electrons. The topological polar surface area (TPSA) is 41.5 Å². The molecule has 0 bridgehead atoms. The van der Waals surface area contributed by atoms with Gasteiger partial charge in [0.2, 0.25) is 0 Å². The van der Waals surface area contributed by atoms with Gasteiger partial charge in [-0.15, -0.1) is 6.42 Å². The summed E-state index contributed by atoms with van der Waals surface area (Å²) in [6, 6.07) is 9.53. The summed E-state index contributed by atoms with van der Waals surface area (Å²) in [6.07, 6.45) is 10.4. The van der Waals surface area contributed by atoms with Crippen LogP contribution in [0.4, 0.5) is 23.4 Å². The van der Waals surface area contributed by atoms with Gasteiger partial charge in [-0.2, -0.15) is 9.97 Å². The fraction of sp³-hybridized carbons (Fsp3) is 0.412. The van der Waals surface area contributed by atoms with Crippen LogP contribution in [0, 0.1) is 35.7 Å². The maximum atomic E-state index is 16.1. The molecule has 3 aromatic carbocycles. The summed E-state index contributed by atoms with van der Waals surface area (Å²) in [4.78, 5) is 13.0. The van der Waals surface area contributed by atoms with Crippen LogP contribution < -0.4 is 9.64 Å². The number of ether oxygens (including phenoxy) is 1. The summed E-state index contributed by atoms with van der Waals surface area (Å²) in [5, 5.41) is 1.11. The number of hydrogen-bond donors (Lipinski definition) is 0. The molecule has 4 heterocycles. The molecule has 3 unspecified atom stereocenters. The predicted molar refractivity (Wildman–Crippen MR) is 162 cm³/mol. The molecular weight excluding hydrogens is 556 g/mol. The summed E-state index contributed by atoms with van der Waals surface area (Å²) < 4.78 is 64.1. The minimum Gasteiger partial charge on any atom is -0.467 e. The van der Waals surface area contributed by atoms with E-state index in [0.717, 1.165) is 32.4 Å². The number of anilines is 1. The van der Waals surface area contributed by atoms with Crippen LogP contribution in [0.1, 0.15) is 44.6 Å². The molecule has 0 N–H and O–H groups in total. The molecule has 0 aliphatic carbocycles. The number of rotatable bonds is 3. The summed E-state index contributed by atoms with van der Waals surface area (Å²) in [5.41, 5.74) is -0.270. The van der Waals surface area contributed by atoms with E-state index in [1.54, 1.807) is 12.1 Å². The minimum absolute atomic E-state index is 0.00883. The van der Waals surface area contributed by atoms with Gasteiger partial charge < -0.3 is 9.64 Å². The highest BCUT2D eigenvalue weighted by Gasteiger charge is 2.34. The van der Waals surface area contributed by atoms with E-state index in [2.05, 4.69) is 27.7 Å². The zero-order valence-corrected chi connectivity index (χ0v) is 24.3. The normalized spacial score (nSPS) is 21.9. The van der Waals surface area contributed by atoms with E-state index >= 15 is 8.78 Å². The van der Waals surface area contributed by atoms with Gasteiger partial charge in [0.1, 0.15) is 29.1 Å². The summed E-state index contributed by atoms with van der Waals surface area (Å²) in [6.45, 7) is 5.43. The molecule has 3 fully saturated rings. The van der Waals surface area contributed by atoms with Crippen LogP contribution in [0.3, 0.4) is 0 Å². The number of aromatic nitrogens is 2. The molecule has 4 aromatic rings. The highest BCUT2D eigenvalue weighted by molar-refractivity contribution is 6.03. The van der Waals surface area contributed by atoms with Crippen molar-refractivity contribution in [1.29, 1.82) is 0 Å². The van der Waals surface area contributed by atoms with Gasteiger partial charge in [-0.1, -0.05) is 37.1 Å². The lowest BCUT2D eigenvalue weighted by molar-refractivity contribution is 0.292. The third-order valence-electron chi connectivity index (χ3n) is 8.85. The van der Waals surface area contributed by atoms with Gasteiger partial charge in [0, 0.05) is 36.4 Å². The highest BCUT2D eigenvalue weighted by atomic mass is 19.1. The maximum absolute atomic E-state index is 16.1. The van der Waals surface area contributed by atoms with Crippen LogP contribution in [-0.2, 0) is 0 Å². The molecule has 3 atom stereocenters. The van der Waals surface area contributed by atoms with Crippen molar-refractivity contribution in [2.75, 3.05) is 38.2 Å². The molecular formula is C34H34F4N4O. The molecule has 0 amide bonds. The van der Waals surface area contributed by atoms with E-state index in [1.807, 2.05) is 4.90 Å². The third-order valence-corrected chi connectivity index (χ3v) is 8.85. The van der Waals surface area contributed by atoms with Crippen LogP contribution >= 0.6 is 0 Å². The van der Waals surface area contributed by atoms with Crippen molar-refractivity contribution in [3.05, 3.63) is 59.4 Å². The standard InChI is InChI=1S/C27H22F3N3O.C7H12FN/c1-4-17-20(28)11-10-16-8-5-9-18(22(16)17)23-21(29)13-19-25(24(23)30)31-27(34-3)32-26(19)33-12-6-7-15(2)14-33;8-6-4-7-2-1-3-9(7)5-6/h1,5,8-11,13,15H,6-7,12,14H2,2-3H3;6-7H,1-5H2. The molecule has 5 nitrogen and oxygen atoms in total. The van der Waals surface area contributed by atoms with Gasteiger partial charge in [-0.05, 0) is 67.6 Å². The van der Waals surface area contributed by atoms with Crippen molar-refractivity contribution in [1.82, 2.24) is 14.9 Å². The number of alkyl halides is 1. The van der Waals surface area contributed by atoms with Crippen molar-refractivity contribution in [3.63, 3.8) is 0 Å². The summed E-state index contributed by atoms with van der Waals surface area (Å²) in [7, 11) is 1.40. The first-order valence-corrected chi connectivity index (χ1v) is 14.8. The van der Waals surface area contributed by atoms with Crippen molar-refractivity contribution < 1.29 is 22.3 Å². The molecule has 7 rings (SSSR count). The second-order valence-electron chi connectivity index (χ2n) is 11.8. The van der Waals surface area contributed by atoms with Crippen LogP contribution in [0.15, 0.2) is 36.4 Å². The predicted octanol–water partition coefficient (Wildman–Crippen LogP) is 7.29. The minimum atomic E-state index is -0.873. The number of halogens is 4. The fourth-order valence-corrected chi connectivity index (χ4v) is 6.85. The Bertz CT molecular complexity index is 1710. The lowest BCUT2D eigenvalue weighted by atomic mass is 9.93. The Kier molecular flexibility index (Phi) is 8.15. The molecule has 9 heteroatoms. The zero-order chi connectivity index (χ0) is 30.2. The molecule has 3 saturated heterocycles. The van der Waals surface area contributed by atoms with E-state index in [9.17, 15) is 8.78 Å². The molecule has 0 saturated carbocycles. The molecule has 0 spiro atoms. The average Bonchev–Trinajstić information content (AvgIpc) is 3.58. The second-order valence-corrected chi connectivity index (χ2v) is 11.8. The Labute approximate surface area is 248 Å². The number of terminal acetylenes is 1. The number of hydrogen-bond acceptors (Lipinski definition) is 5. The first kappa shape index (κ1) is 29.2. The first-order valence-electron chi connectivity index (χ1n) is 14.8. The lowest BCUT2D eigenvalue weighted by Crippen LogP contribution is -2.35. The van der Waals surface area contributed by atoms with Crippen molar-refractivity contribution in [2.45, 2.75) is 51.2 Å². The van der Waals surface area contributed by atoms with Gasteiger partial charge in [-0.25, -0.2) is 17.6 Å². The van der Waals surface area contributed by atoms with Crippen LogP contribution in [-0.4, -0.2) is 60.4 Å².